The van der Waals surface area contributed by atoms with Crippen molar-refractivity contribution in [2.45, 2.75) is 12.5 Å². The molecule has 0 bridgehead atoms. The summed E-state index contributed by atoms with van der Waals surface area (Å²) in [5.41, 5.74) is 3.84. The molecule has 1 aliphatic heterocycles. The number of hydrogen-bond acceptors (Lipinski definition) is 4. The number of nitrogens with zero attached hydrogens (tertiary/aromatic N) is 2. The fourth-order valence-electron chi connectivity index (χ4n) is 3.48. The number of carboxylic acids is 1. The number of carboxylic acid groups (broad SMARTS) is 1. The molecule has 1 N–H and O–H groups in total. The van der Waals surface area contributed by atoms with Gasteiger partial charge in [-0.25, -0.2) is 4.79 Å². The highest BCUT2D eigenvalue weighted by molar-refractivity contribution is 6.04. The minimum absolute atomic E-state index is 0.0957. The third kappa shape index (κ3) is 3.34. The lowest BCUT2D eigenvalue weighted by molar-refractivity contribution is 0.0697. The molecule has 0 radical (unpaired) electrons. The van der Waals surface area contributed by atoms with Crippen LogP contribution < -0.4 is 9.75 Å². The predicted molar refractivity (Wildman–Crippen MR) is 109 cm³/mol. The molecule has 1 aliphatic rings. The van der Waals surface area contributed by atoms with Gasteiger partial charge in [0.05, 0.1) is 30.1 Å². The molecular weight excluding hydrogens is 352 g/mol. The highest BCUT2D eigenvalue weighted by atomic mass is 16.5. The van der Waals surface area contributed by atoms with E-state index in [0.29, 0.717) is 12.1 Å². The number of ether oxygens (including phenoxy) is 1. The van der Waals surface area contributed by atoms with Crippen LogP contribution in [0.15, 0.2) is 84.0 Å². The molecular formula is C23H20N2O3. The van der Waals surface area contributed by atoms with Gasteiger partial charge in [-0.1, -0.05) is 54.6 Å². The van der Waals surface area contributed by atoms with E-state index in [1.807, 2.05) is 65.7 Å². The molecule has 3 aromatic carbocycles. The molecule has 0 saturated carbocycles. The van der Waals surface area contributed by atoms with Crippen LogP contribution in [0.1, 0.15) is 33.9 Å². The molecule has 3 aromatic rings. The Balaban J connectivity index is 1.80. The predicted octanol–water partition coefficient (Wildman–Crippen LogP) is 4.75. The first-order valence-corrected chi connectivity index (χ1v) is 9.06. The molecule has 1 unspecified atom stereocenters. The number of hydrazone groups is 1. The molecule has 0 saturated heterocycles. The van der Waals surface area contributed by atoms with Crippen LogP contribution in [-0.4, -0.2) is 23.9 Å². The van der Waals surface area contributed by atoms with E-state index in [-0.39, 0.29) is 11.6 Å². The van der Waals surface area contributed by atoms with Crippen LogP contribution in [0, 0.1) is 0 Å². The van der Waals surface area contributed by atoms with Crippen LogP contribution in [-0.2, 0) is 0 Å². The maximum absolute atomic E-state index is 11.8. The van der Waals surface area contributed by atoms with Crippen molar-refractivity contribution < 1.29 is 14.6 Å². The van der Waals surface area contributed by atoms with E-state index < -0.39 is 5.97 Å². The Labute approximate surface area is 163 Å². The summed E-state index contributed by atoms with van der Waals surface area (Å²) in [6.07, 6.45) is 0.685. The van der Waals surface area contributed by atoms with E-state index in [1.54, 1.807) is 25.3 Å². The zero-order valence-corrected chi connectivity index (χ0v) is 15.4. The molecule has 4 rings (SSSR count). The quantitative estimate of drug-likeness (QED) is 0.702. The summed E-state index contributed by atoms with van der Waals surface area (Å²) in [7, 11) is 1.64. The second-order valence-electron chi connectivity index (χ2n) is 6.57. The third-order valence-corrected chi connectivity index (χ3v) is 4.90. The number of anilines is 1. The van der Waals surface area contributed by atoms with E-state index in [2.05, 4.69) is 0 Å². The van der Waals surface area contributed by atoms with E-state index >= 15 is 0 Å². The molecule has 0 amide bonds. The van der Waals surface area contributed by atoms with Gasteiger partial charge in [0.25, 0.3) is 0 Å². The SMILES string of the molecule is COc1ccc(C2CC(c3ccccc3)=NN2c2ccccc2C(=O)O)cc1. The second-order valence-corrected chi connectivity index (χ2v) is 6.57. The fraction of sp³-hybridized carbons (Fsp3) is 0.130. The highest BCUT2D eigenvalue weighted by Gasteiger charge is 2.32. The summed E-state index contributed by atoms with van der Waals surface area (Å²) < 4.78 is 5.26. The number of methoxy groups -OCH3 is 1. The van der Waals surface area contributed by atoms with Crippen LogP contribution in [0.2, 0.25) is 0 Å². The van der Waals surface area contributed by atoms with Gasteiger partial charge in [0.2, 0.25) is 0 Å². The second kappa shape index (κ2) is 7.56. The van der Waals surface area contributed by atoms with Gasteiger partial charge < -0.3 is 9.84 Å². The first kappa shape index (κ1) is 17.8. The number of benzene rings is 3. The van der Waals surface area contributed by atoms with Crippen molar-refractivity contribution in [2.75, 3.05) is 12.1 Å². The fourth-order valence-corrected chi connectivity index (χ4v) is 3.48. The van der Waals surface area contributed by atoms with Crippen LogP contribution in [0.3, 0.4) is 0 Å². The average molecular weight is 372 g/mol. The molecule has 0 aromatic heterocycles. The number of para-hydroxylation sites is 1. The normalized spacial score (nSPS) is 16.0. The van der Waals surface area contributed by atoms with Crippen molar-refractivity contribution >= 4 is 17.4 Å². The zero-order chi connectivity index (χ0) is 19.5. The average Bonchev–Trinajstić information content (AvgIpc) is 3.20. The summed E-state index contributed by atoms with van der Waals surface area (Å²) in [6, 6.07) is 24.7. The van der Waals surface area contributed by atoms with Crippen molar-refractivity contribution in [3.8, 4) is 5.75 Å². The maximum atomic E-state index is 11.8. The van der Waals surface area contributed by atoms with Crippen LogP contribution >= 0.6 is 0 Å². The van der Waals surface area contributed by atoms with Gasteiger partial charge >= 0.3 is 5.97 Å². The summed E-state index contributed by atoms with van der Waals surface area (Å²) in [4.78, 5) is 11.8. The van der Waals surface area contributed by atoms with Crippen molar-refractivity contribution in [3.05, 3.63) is 95.6 Å². The Morgan fingerprint density at radius 1 is 1.00 bits per heavy atom. The van der Waals surface area contributed by atoms with Crippen molar-refractivity contribution in [2.24, 2.45) is 5.10 Å². The van der Waals surface area contributed by atoms with Gasteiger partial charge in [0.15, 0.2) is 0 Å². The Kier molecular flexibility index (Phi) is 4.81. The minimum Gasteiger partial charge on any atom is -0.497 e. The largest absolute Gasteiger partial charge is 0.497 e. The summed E-state index contributed by atoms with van der Waals surface area (Å²) in [6.45, 7) is 0. The molecule has 0 aliphatic carbocycles. The molecule has 0 spiro atoms. The van der Waals surface area contributed by atoms with Gasteiger partial charge in [-0.05, 0) is 35.4 Å². The van der Waals surface area contributed by atoms with Crippen LogP contribution in [0.4, 0.5) is 5.69 Å². The van der Waals surface area contributed by atoms with Gasteiger partial charge in [-0.15, -0.1) is 0 Å². The minimum atomic E-state index is -0.965. The Bertz CT molecular complexity index is 1010. The topological polar surface area (TPSA) is 62.1 Å². The van der Waals surface area contributed by atoms with Gasteiger partial charge in [-0.2, -0.15) is 5.10 Å². The van der Waals surface area contributed by atoms with Crippen molar-refractivity contribution in [1.29, 1.82) is 0 Å². The lowest BCUT2D eigenvalue weighted by Crippen LogP contribution is -2.21. The van der Waals surface area contributed by atoms with Crippen molar-refractivity contribution in [3.63, 3.8) is 0 Å². The molecule has 5 heteroatoms. The van der Waals surface area contributed by atoms with Gasteiger partial charge in [0.1, 0.15) is 5.75 Å². The third-order valence-electron chi connectivity index (χ3n) is 4.90. The molecule has 1 heterocycles. The summed E-state index contributed by atoms with van der Waals surface area (Å²) in [5.74, 6) is -0.184. The monoisotopic (exact) mass is 372 g/mol. The number of rotatable bonds is 5. The highest BCUT2D eigenvalue weighted by Crippen LogP contribution is 2.38. The molecule has 140 valence electrons. The number of aromatic carboxylic acids is 1. The van der Waals surface area contributed by atoms with E-state index in [0.717, 1.165) is 22.6 Å². The van der Waals surface area contributed by atoms with Crippen LogP contribution in [0.5, 0.6) is 5.75 Å². The maximum Gasteiger partial charge on any atom is 0.337 e. The first-order chi connectivity index (χ1) is 13.7. The first-order valence-electron chi connectivity index (χ1n) is 9.06. The number of carbonyl (C=O) groups is 1. The molecule has 28 heavy (non-hydrogen) atoms. The lowest BCUT2D eigenvalue weighted by atomic mass is 9.97. The standard InChI is InChI=1S/C23H20N2O3/c1-28-18-13-11-17(12-14-18)22-15-20(16-7-3-2-4-8-16)24-25(22)21-10-6-5-9-19(21)23(26)27/h2-14,22H,15H2,1H3,(H,26,27). The van der Waals surface area contributed by atoms with E-state index in [1.165, 1.54) is 0 Å². The van der Waals surface area contributed by atoms with E-state index in [4.69, 9.17) is 9.84 Å². The van der Waals surface area contributed by atoms with Crippen LogP contribution in [0.25, 0.3) is 0 Å². The van der Waals surface area contributed by atoms with Gasteiger partial charge in [0, 0.05) is 6.42 Å². The Morgan fingerprint density at radius 3 is 2.36 bits per heavy atom. The van der Waals surface area contributed by atoms with Gasteiger partial charge in [-0.3, -0.25) is 5.01 Å². The molecule has 1 atom stereocenters. The Morgan fingerprint density at radius 2 is 1.68 bits per heavy atom. The summed E-state index contributed by atoms with van der Waals surface area (Å²) in [5, 5.41) is 16.3. The molecule has 0 fully saturated rings. The zero-order valence-electron chi connectivity index (χ0n) is 15.4. The van der Waals surface area contributed by atoms with E-state index in [9.17, 15) is 9.90 Å². The molecule has 5 nitrogen and oxygen atoms in total. The lowest BCUT2D eigenvalue weighted by Gasteiger charge is -2.25. The Hall–Kier alpha value is -3.60. The number of hydrogen-bond donors (Lipinski definition) is 1. The summed E-state index contributed by atoms with van der Waals surface area (Å²) >= 11 is 0. The smallest absolute Gasteiger partial charge is 0.337 e. The van der Waals surface area contributed by atoms with Crippen molar-refractivity contribution in [1.82, 2.24) is 0 Å².